The molecule has 0 aliphatic carbocycles. The van der Waals surface area contributed by atoms with Gasteiger partial charge in [0.05, 0.1) is 5.02 Å². The monoisotopic (exact) mass is 318 g/mol. The van der Waals surface area contributed by atoms with Crippen molar-refractivity contribution < 1.29 is 13.9 Å². The van der Waals surface area contributed by atoms with Gasteiger partial charge in [0.1, 0.15) is 11.6 Å². The number of hydrogen-bond donors (Lipinski definition) is 2. The second-order valence-electron chi connectivity index (χ2n) is 6.09. The van der Waals surface area contributed by atoms with E-state index in [4.69, 9.17) is 11.6 Å². The zero-order chi connectivity index (χ0) is 15.6. The van der Waals surface area contributed by atoms with Crippen LogP contribution in [0.4, 0.5) is 8.78 Å². The summed E-state index contributed by atoms with van der Waals surface area (Å²) in [5.41, 5.74) is -0.507. The van der Waals surface area contributed by atoms with E-state index in [1.807, 2.05) is 13.8 Å². The maximum Gasteiger partial charge on any atom is 0.142 e. The van der Waals surface area contributed by atoms with E-state index in [1.54, 1.807) is 0 Å². The fourth-order valence-corrected chi connectivity index (χ4v) is 3.14. The lowest BCUT2D eigenvalue weighted by molar-refractivity contribution is 0.0285. The molecule has 21 heavy (non-hydrogen) atoms. The molecule has 1 aromatic carbocycles. The normalized spacial score (nSPS) is 18.8. The number of piperazine rings is 1. The summed E-state index contributed by atoms with van der Waals surface area (Å²) in [7, 11) is 0. The average Bonchev–Trinajstić information content (AvgIpc) is 2.48. The molecule has 1 aliphatic heterocycles. The molecule has 2 rings (SSSR count). The highest BCUT2D eigenvalue weighted by molar-refractivity contribution is 6.31. The lowest BCUT2D eigenvalue weighted by Gasteiger charge is -2.43. The van der Waals surface area contributed by atoms with Gasteiger partial charge in [-0.2, -0.15) is 0 Å². The van der Waals surface area contributed by atoms with E-state index in [0.29, 0.717) is 13.1 Å². The number of aliphatic hydroxyl groups excluding tert-OH is 1. The van der Waals surface area contributed by atoms with Crippen LogP contribution in [0.3, 0.4) is 0 Å². The summed E-state index contributed by atoms with van der Waals surface area (Å²) in [6.07, 6.45) is 0. The summed E-state index contributed by atoms with van der Waals surface area (Å²) in [6, 6.07) is 1.65. The predicted molar refractivity (Wildman–Crippen MR) is 79.4 cm³/mol. The third-order valence-electron chi connectivity index (χ3n) is 4.02. The lowest BCUT2D eigenvalue weighted by Crippen LogP contribution is -2.50. The van der Waals surface area contributed by atoms with Crippen molar-refractivity contribution in [1.82, 2.24) is 10.2 Å². The van der Waals surface area contributed by atoms with Crippen molar-refractivity contribution >= 4 is 11.6 Å². The Bertz CT molecular complexity index is 505. The molecule has 1 fully saturated rings. The lowest BCUT2D eigenvalue weighted by atomic mass is 9.79. The largest absolute Gasteiger partial charge is 0.396 e. The van der Waals surface area contributed by atoms with Gasteiger partial charge in [-0.05, 0) is 12.1 Å². The number of hydrogen-bond acceptors (Lipinski definition) is 3. The van der Waals surface area contributed by atoms with Crippen LogP contribution in [0.15, 0.2) is 12.1 Å². The molecule has 0 spiro atoms. The van der Waals surface area contributed by atoms with Crippen LogP contribution in [0.25, 0.3) is 0 Å². The molecule has 1 atom stereocenters. The molecule has 0 bridgehead atoms. The standard InChI is InChI=1S/C15H21ClF2N2O/c1-15(2,9-21)14(20-7-5-19-6-8-20)12-10(17)3-4-11(18)13(12)16/h3-4,14,19,21H,5-9H2,1-2H3/t14-/m0/s1. The number of nitrogens with zero attached hydrogens (tertiary/aromatic N) is 1. The maximum atomic E-state index is 14.3. The number of rotatable bonds is 4. The van der Waals surface area contributed by atoms with Crippen LogP contribution in [-0.4, -0.2) is 42.8 Å². The summed E-state index contributed by atoms with van der Waals surface area (Å²) >= 11 is 6.04. The molecular formula is C15H21ClF2N2O. The Morgan fingerprint density at radius 2 is 1.86 bits per heavy atom. The number of benzene rings is 1. The van der Waals surface area contributed by atoms with Crippen LogP contribution in [0, 0.1) is 17.0 Å². The first-order valence-electron chi connectivity index (χ1n) is 7.07. The Hall–Kier alpha value is -0.750. The van der Waals surface area contributed by atoms with Crippen molar-refractivity contribution in [3.63, 3.8) is 0 Å². The summed E-state index contributed by atoms with van der Waals surface area (Å²) < 4.78 is 28.1. The summed E-state index contributed by atoms with van der Waals surface area (Å²) in [4.78, 5) is 2.05. The minimum Gasteiger partial charge on any atom is -0.396 e. The van der Waals surface area contributed by atoms with Crippen molar-refractivity contribution in [2.75, 3.05) is 32.8 Å². The molecule has 3 nitrogen and oxygen atoms in total. The predicted octanol–water partition coefficient (Wildman–Crippen LogP) is 2.58. The molecule has 6 heteroatoms. The molecule has 1 saturated heterocycles. The van der Waals surface area contributed by atoms with Gasteiger partial charge in [-0.3, -0.25) is 4.90 Å². The summed E-state index contributed by atoms with van der Waals surface area (Å²) in [6.45, 7) is 6.45. The molecule has 0 amide bonds. The van der Waals surface area contributed by atoms with Gasteiger partial charge in [-0.15, -0.1) is 0 Å². The zero-order valence-corrected chi connectivity index (χ0v) is 13.1. The van der Waals surface area contributed by atoms with E-state index in [9.17, 15) is 13.9 Å². The Balaban J connectivity index is 2.52. The molecular weight excluding hydrogens is 298 g/mol. The van der Waals surface area contributed by atoms with Crippen molar-refractivity contribution in [3.05, 3.63) is 34.4 Å². The van der Waals surface area contributed by atoms with Crippen molar-refractivity contribution in [2.24, 2.45) is 5.41 Å². The van der Waals surface area contributed by atoms with E-state index in [2.05, 4.69) is 10.2 Å². The molecule has 2 N–H and O–H groups in total. The second-order valence-corrected chi connectivity index (χ2v) is 6.47. The Labute approximate surface area is 128 Å². The fraction of sp³-hybridized carbons (Fsp3) is 0.600. The third kappa shape index (κ3) is 3.37. The van der Waals surface area contributed by atoms with Crippen LogP contribution in [-0.2, 0) is 0 Å². The van der Waals surface area contributed by atoms with Crippen LogP contribution in [0.2, 0.25) is 5.02 Å². The SMILES string of the molecule is CC(C)(CO)[C@H](c1c(F)ccc(F)c1Cl)N1CCNCC1. The Morgan fingerprint density at radius 3 is 2.43 bits per heavy atom. The van der Waals surface area contributed by atoms with E-state index < -0.39 is 23.1 Å². The Morgan fingerprint density at radius 1 is 1.29 bits per heavy atom. The van der Waals surface area contributed by atoms with E-state index in [1.165, 1.54) is 0 Å². The minimum atomic E-state index is -0.643. The topological polar surface area (TPSA) is 35.5 Å². The van der Waals surface area contributed by atoms with Crippen molar-refractivity contribution in [3.8, 4) is 0 Å². The van der Waals surface area contributed by atoms with Crippen LogP contribution in [0.1, 0.15) is 25.5 Å². The first-order valence-corrected chi connectivity index (χ1v) is 7.45. The molecule has 1 aromatic rings. The van der Waals surface area contributed by atoms with Gasteiger partial charge >= 0.3 is 0 Å². The van der Waals surface area contributed by atoms with Gasteiger partial charge in [0.25, 0.3) is 0 Å². The van der Waals surface area contributed by atoms with Gasteiger partial charge in [0, 0.05) is 49.8 Å². The summed E-state index contributed by atoms with van der Waals surface area (Å²) in [5, 5.41) is 12.7. The zero-order valence-electron chi connectivity index (χ0n) is 12.3. The number of aliphatic hydroxyl groups is 1. The third-order valence-corrected chi connectivity index (χ3v) is 4.40. The van der Waals surface area contributed by atoms with E-state index in [-0.39, 0.29) is 17.2 Å². The van der Waals surface area contributed by atoms with Gasteiger partial charge in [-0.1, -0.05) is 25.4 Å². The van der Waals surface area contributed by atoms with Gasteiger partial charge in [0.2, 0.25) is 0 Å². The first-order chi connectivity index (χ1) is 9.88. The van der Waals surface area contributed by atoms with Crippen molar-refractivity contribution in [2.45, 2.75) is 19.9 Å². The molecule has 0 aromatic heterocycles. The highest BCUT2D eigenvalue weighted by Crippen LogP contribution is 2.42. The molecule has 118 valence electrons. The van der Waals surface area contributed by atoms with E-state index in [0.717, 1.165) is 25.2 Å². The highest BCUT2D eigenvalue weighted by Gasteiger charge is 2.39. The first kappa shape index (κ1) is 16.6. The molecule has 1 heterocycles. The van der Waals surface area contributed by atoms with Gasteiger partial charge in [0.15, 0.2) is 0 Å². The minimum absolute atomic E-state index is 0.137. The number of halogens is 3. The molecule has 0 saturated carbocycles. The smallest absolute Gasteiger partial charge is 0.142 e. The van der Waals surface area contributed by atoms with Gasteiger partial charge < -0.3 is 10.4 Å². The molecule has 1 aliphatic rings. The number of nitrogens with one attached hydrogen (secondary N) is 1. The fourth-order valence-electron chi connectivity index (χ4n) is 2.89. The average molecular weight is 319 g/mol. The van der Waals surface area contributed by atoms with Gasteiger partial charge in [-0.25, -0.2) is 8.78 Å². The van der Waals surface area contributed by atoms with Crippen LogP contribution < -0.4 is 5.32 Å². The summed E-state index contributed by atoms with van der Waals surface area (Å²) in [5.74, 6) is -1.17. The molecule has 0 unspecified atom stereocenters. The van der Waals surface area contributed by atoms with Crippen LogP contribution in [0.5, 0.6) is 0 Å². The highest BCUT2D eigenvalue weighted by atomic mass is 35.5. The maximum absolute atomic E-state index is 14.3. The molecule has 0 radical (unpaired) electrons. The van der Waals surface area contributed by atoms with E-state index >= 15 is 0 Å². The quantitative estimate of drug-likeness (QED) is 0.838. The van der Waals surface area contributed by atoms with Crippen molar-refractivity contribution in [1.29, 1.82) is 0 Å². The Kier molecular flexibility index (Phi) is 5.20. The second kappa shape index (κ2) is 6.57. The van der Waals surface area contributed by atoms with Crippen LogP contribution >= 0.6 is 11.6 Å².